The fourth-order valence-electron chi connectivity index (χ4n) is 3.57. The molecule has 0 aliphatic carbocycles. The van der Waals surface area contributed by atoms with Crippen LogP contribution in [0.1, 0.15) is 45.9 Å². The van der Waals surface area contributed by atoms with Crippen LogP contribution in [0.4, 0.5) is 0 Å². The van der Waals surface area contributed by atoms with E-state index in [2.05, 4.69) is 25.3 Å². The second-order valence-corrected chi connectivity index (χ2v) is 7.04. The van der Waals surface area contributed by atoms with Crippen LogP contribution in [0.5, 0.6) is 0 Å². The van der Waals surface area contributed by atoms with Crippen LogP contribution in [0.2, 0.25) is 0 Å². The van der Waals surface area contributed by atoms with Gasteiger partial charge in [-0.1, -0.05) is 0 Å². The maximum absolute atomic E-state index is 12.9. The highest BCUT2D eigenvalue weighted by atomic mass is 16.2. The number of imidazole rings is 1. The van der Waals surface area contributed by atoms with Crippen molar-refractivity contribution >= 4 is 22.8 Å². The molecule has 1 atom stereocenters. The van der Waals surface area contributed by atoms with Gasteiger partial charge >= 0.3 is 0 Å². The van der Waals surface area contributed by atoms with Crippen molar-refractivity contribution in [1.82, 2.24) is 30.2 Å². The Morgan fingerprint density at radius 1 is 1.21 bits per heavy atom. The predicted octanol–water partition coefficient (Wildman–Crippen LogP) is 2.09. The van der Waals surface area contributed by atoms with Crippen LogP contribution in [-0.4, -0.2) is 55.8 Å². The van der Waals surface area contributed by atoms with Crippen molar-refractivity contribution in [2.24, 2.45) is 0 Å². The number of fused-ring (bicyclic) bond motifs is 1. The second kappa shape index (κ2) is 7.75. The number of aryl methyl sites for hydroxylation is 1. The molecule has 4 rings (SSSR count). The first-order valence-corrected chi connectivity index (χ1v) is 9.42. The first-order valence-electron chi connectivity index (χ1n) is 9.42. The molecule has 0 spiro atoms. The van der Waals surface area contributed by atoms with Gasteiger partial charge in [-0.15, -0.1) is 0 Å². The zero-order valence-electron chi connectivity index (χ0n) is 15.7. The van der Waals surface area contributed by atoms with Crippen LogP contribution in [-0.2, 0) is 0 Å². The van der Waals surface area contributed by atoms with E-state index >= 15 is 0 Å². The molecule has 1 aliphatic rings. The van der Waals surface area contributed by atoms with E-state index in [0.29, 0.717) is 30.8 Å². The molecule has 8 heteroatoms. The zero-order chi connectivity index (χ0) is 19.5. The van der Waals surface area contributed by atoms with E-state index < -0.39 is 0 Å². The monoisotopic (exact) mass is 378 g/mol. The third kappa shape index (κ3) is 3.85. The van der Waals surface area contributed by atoms with Crippen molar-refractivity contribution in [2.45, 2.75) is 32.2 Å². The number of likely N-dealkylation sites (tertiary alicyclic amines) is 1. The summed E-state index contributed by atoms with van der Waals surface area (Å²) < 4.78 is 0. The van der Waals surface area contributed by atoms with Crippen molar-refractivity contribution in [1.29, 1.82) is 0 Å². The van der Waals surface area contributed by atoms with Gasteiger partial charge in [-0.3, -0.25) is 14.6 Å². The maximum atomic E-state index is 12.9. The number of carbonyl (C=O) groups excluding carboxylic acids is 2. The molecule has 2 aromatic heterocycles. The van der Waals surface area contributed by atoms with Gasteiger partial charge in [0.2, 0.25) is 0 Å². The van der Waals surface area contributed by atoms with Crippen LogP contribution in [0.25, 0.3) is 11.0 Å². The summed E-state index contributed by atoms with van der Waals surface area (Å²) in [6.45, 7) is 3.17. The predicted molar refractivity (Wildman–Crippen MR) is 104 cm³/mol. The summed E-state index contributed by atoms with van der Waals surface area (Å²) in [5.41, 5.74) is 2.69. The van der Waals surface area contributed by atoms with Gasteiger partial charge < -0.3 is 15.2 Å². The van der Waals surface area contributed by atoms with Crippen LogP contribution in [0.15, 0.2) is 36.8 Å². The molecular weight excluding hydrogens is 356 g/mol. The lowest BCUT2D eigenvalue weighted by atomic mass is 10.1. The minimum Gasteiger partial charge on any atom is -0.348 e. The molecule has 1 aromatic carbocycles. The fraction of sp³-hybridized carbons (Fsp3) is 0.350. The quantitative estimate of drug-likeness (QED) is 0.726. The molecule has 28 heavy (non-hydrogen) atoms. The third-order valence-corrected chi connectivity index (χ3v) is 4.99. The summed E-state index contributed by atoms with van der Waals surface area (Å²) in [6, 6.07) is 5.57. The number of aromatic amines is 1. The van der Waals surface area contributed by atoms with Crippen molar-refractivity contribution in [3.63, 3.8) is 0 Å². The summed E-state index contributed by atoms with van der Waals surface area (Å²) in [4.78, 5) is 42.6. The van der Waals surface area contributed by atoms with Crippen molar-refractivity contribution in [2.75, 3.05) is 13.1 Å². The third-order valence-electron chi connectivity index (χ3n) is 4.99. The molecule has 144 valence electrons. The van der Waals surface area contributed by atoms with E-state index in [1.54, 1.807) is 0 Å². The first kappa shape index (κ1) is 18.1. The lowest BCUT2D eigenvalue weighted by Gasteiger charge is -2.21. The van der Waals surface area contributed by atoms with E-state index in [4.69, 9.17) is 0 Å². The summed E-state index contributed by atoms with van der Waals surface area (Å²) in [7, 11) is 0. The molecular formula is C20H22N6O2. The van der Waals surface area contributed by atoms with E-state index in [0.717, 1.165) is 29.7 Å². The number of amides is 2. The number of rotatable bonds is 3. The number of aromatic nitrogens is 4. The summed E-state index contributed by atoms with van der Waals surface area (Å²) in [5, 5.41) is 3.01. The summed E-state index contributed by atoms with van der Waals surface area (Å²) >= 11 is 0. The Bertz CT molecular complexity index is 1000. The Balaban J connectivity index is 1.40. The van der Waals surface area contributed by atoms with Gasteiger partial charge in [-0.05, 0) is 44.4 Å². The Morgan fingerprint density at radius 3 is 2.93 bits per heavy atom. The number of benzene rings is 1. The topological polar surface area (TPSA) is 104 Å². The number of hydrogen-bond donors (Lipinski definition) is 2. The normalized spacial score (nSPS) is 17.3. The molecule has 0 radical (unpaired) electrons. The minimum absolute atomic E-state index is 0.00931. The molecule has 3 heterocycles. The fourth-order valence-corrected chi connectivity index (χ4v) is 3.57. The molecule has 1 saturated heterocycles. The Morgan fingerprint density at radius 2 is 2.11 bits per heavy atom. The van der Waals surface area contributed by atoms with Gasteiger partial charge in [-0.25, -0.2) is 9.97 Å². The number of nitrogens with zero attached hydrogens (tertiary/aromatic N) is 4. The molecule has 1 fully saturated rings. The van der Waals surface area contributed by atoms with Crippen LogP contribution in [0, 0.1) is 6.92 Å². The summed E-state index contributed by atoms with van der Waals surface area (Å²) in [5.74, 6) is 0.615. The lowest BCUT2D eigenvalue weighted by molar-refractivity contribution is 0.0761. The molecule has 2 N–H and O–H groups in total. The molecule has 0 saturated carbocycles. The smallest absolute Gasteiger partial charge is 0.271 e. The van der Waals surface area contributed by atoms with E-state index in [-0.39, 0.29) is 17.9 Å². The molecule has 2 amide bonds. The van der Waals surface area contributed by atoms with Gasteiger partial charge in [0.05, 0.1) is 17.2 Å². The SMILES string of the molecule is Cc1nc2ccc(C(=O)N3CCC[C@@H](NC(=O)c4cnccn4)CC3)cc2[nH]1. The molecule has 0 bridgehead atoms. The lowest BCUT2D eigenvalue weighted by Crippen LogP contribution is -2.37. The van der Waals surface area contributed by atoms with Gasteiger partial charge in [0, 0.05) is 37.1 Å². The molecule has 8 nitrogen and oxygen atoms in total. The van der Waals surface area contributed by atoms with E-state index in [9.17, 15) is 9.59 Å². The Hall–Kier alpha value is -3.29. The Kier molecular flexibility index (Phi) is 5.01. The minimum atomic E-state index is -0.224. The van der Waals surface area contributed by atoms with Crippen LogP contribution >= 0.6 is 0 Å². The van der Waals surface area contributed by atoms with E-state index in [1.165, 1.54) is 18.6 Å². The van der Waals surface area contributed by atoms with Gasteiger partial charge in [-0.2, -0.15) is 0 Å². The van der Waals surface area contributed by atoms with Crippen LogP contribution in [0.3, 0.4) is 0 Å². The largest absolute Gasteiger partial charge is 0.348 e. The summed E-state index contributed by atoms with van der Waals surface area (Å²) in [6.07, 6.45) is 6.86. The van der Waals surface area contributed by atoms with Gasteiger partial charge in [0.25, 0.3) is 11.8 Å². The highest BCUT2D eigenvalue weighted by Gasteiger charge is 2.23. The second-order valence-electron chi connectivity index (χ2n) is 7.04. The van der Waals surface area contributed by atoms with Crippen molar-refractivity contribution < 1.29 is 9.59 Å². The van der Waals surface area contributed by atoms with Crippen molar-refractivity contribution in [3.05, 3.63) is 53.9 Å². The number of carbonyl (C=O) groups is 2. The van der Waals surface area contributed by atoms with Gasteiger partial charge in [0.15, 0.2) is 0 Å². The number of H-pyrrole nitrogens is 1. The molecule has 0 unspecified atom stereocenters. The highest BCUT2D eigenvalue weighted by Crippen LogP contribution is 2.18. The van der Waals surface area contributed by atoms with Gasteiger partial charge in [0.1, 0.15) is 11.5 Å². The van der Waals surface area contributed by atoms with Crippen LogP contribution < -0.4 is 5.32 Å². The Labute approximate surface area is 162 Å². The number of nitrogens with one attached hydrogen (secondary N) is 2. The highest BCUT2D eigenvalue weighted by molar-refractivity contribution is 5.97. The number of hydrogen-bond acceptors (Lipinski definition) is 5. The average Bonchev–Trinajstić information content (AvgIpc) is 2.93. The first-order chi connectivity index (χ1) is 13.6. The molecule has 1 aliphatic heterocycles. The molecule has 3 aromatic rings. The average molecular weight is 378 g/mol. The van der Waals surface area contributed by atoms with Crippen molar-refractivity contribution in [3.8, 4) is 0 Å². The zero-order valence-corrected chi connectivity index (χ0v) is 15.7. The standard InChI is InChI=1S/C20H22N6O2/c1-13-23-16-5-4-14(11-17(16)24-13)20(28)26-9-2-3-15(6-10-26)25-19(27)18-12-21-7-8-22-18/h4-5,7-8,11-12,15H,2-3,6,9-10H2,1H3,(H,23,24)(H,25,27)/t15-/m1/s1. The van der Waals surface area contributed by atoms with E-state index in [1.807, 2.05) is 30.0 Å². The maximum Gasteiger partial charge on any atom is 0.271 e.